The average Bonchev–Trinajstić information content (AvgIpc) is 3.21. The van der Waals surface area contributed by atoms with Crippen LogP contribution in [-0.2, 0) is 24.2 Å². The van der Waals surface area contributed by atoms with Crippen molar-refractivity contribution in [1.29, 1.82) is 0 Å². The third-order valence-corrected chi connectivity index (χ3v) is 6.74. The fourth-order valence-corrected chi connectivity index (χ4v) is 4.54. The summed E-state index contributed by atoms with van der Waals surface area (Å²) >= 11 is 12.4. The monoisotopic (exact) mass is 584 g/mol. The standard InChI is InChI=1S/C23H17Cl2FN4O2.C2HF3O2/c24-18-9-20-22(31)28-11-16(30(20)21(18)25)7-13-1-2-19(26)17(8-13)23(32)29-6-4-14-10-27-5-3-15(14)12-29;3-2(4,5)1(6)7/h1-3,5,8-11H,4,6-7,12H2,(H,28,31);(H,6,7). The molecule has 4 heterocycles. The van der Waals surface area contributed by atoms with Gasteiger partial charge in [0.2, 0.25) is 0 Å². The Morgan fingerprint density at radius 2 is 1.85 bits per heavy atom. The number of carboxylic acid groups (broad SMARTS) is 1. The van der Waals surface area contributed by atoms with Crippen molar-refractivity contribution in [2.24, 2.45) is 0 Å². The van der Waals surface area contributed by atoms with Crippen LogP contribution in [0.4, 0.5) is 17.6 Å². The number of benzene rings is 1. The summed E-state index contributed by atoms with van der Waals surface area (Å²) in [4.78, 5) is 42.6. The SMILES string of the molecule is O=C(O)C(F)(F)F.O=C(c1cc(Cc2c[nH]c(=O)c3cc(Cl)c(Cl)n23)ccc1F)N1CCc2cnccc2C1. The predicted octanol–water partition coefficient (Wildman–Crippen LogP) is 4.89. The van der Waals surface area contributed by atoms with Crippen molar-refractivity contribution < 1.29 is 32.3 Å². The number of aliphatic carboxylic acids is 1. The van der Waals surface area contributed by atoms with E-state index < -0.39 is 18.0 Å². The number of pyridine rings is 1. The maximum atomic E-state index is 14.6. The molecule has 0 radical (unpaired) electrons. The van der Waals surface area contributed by atoms with E-state index in [1.807, 2.05) is 12.3 Å². The zero-order valence-corrected chi connectivity index (χ0v) is 21.2. The van der Waals surface area contributed by atoms with Crippen molar-refractivity contribution in [3.8, 4) is 0 Å². The number of nitrogens with zero attached hydrogens (tertiary/aromatic N) is 3. The summed E-state index contributed by atoms with van der Waals surface area (Å²) in [6, 6.07) is 7.83. The Morgan fingerprint density at radius 3 is 2.54 bits per heavy atom. The number of carboxylic acids is 1. The number of aromatic nitrogens is 3. The lowest BCUT2D eigenvalue weighted by Crippen LogP contribution is -2.36. The van der Waals surface area contributed by atoms with Gasteiger partial charge in [-0.05, 0) is 47.4 Å². The van der Waals surface area contributed by atoms with Crippen LogP contribution in [0.25, 0.3) is 5.52 Å². The molecule has 2 N–H and O–H groups in total. The molecule has 5 rings (SSSR count). The first-order valence-corrected chi connectivity index (χ1v) is 12.0. The van der Waals surface area contributed by atoms with E-state index >= 15 is 0 Å². The van der Waals surface area contributed by atoms with Crippen molar-refractivity contribution in [2.75, 3.05) is 6.54 Å². The van der Waals surface area contributed by atoms with Crippen molar-refractivity contribution in [2.45, 2.75) is 25.6 Å². The molecule has 4 aromatic rings. The molecule has 14 heteroatoms. The van der Waals surface area contributed by atoms with Gasteiger partial charge in [0.05, 0.1) is 10.6 Å². The zero-order valence-electron chi connectivity index (χ0n) is 19.7. The van der Waals surface area contributed by atoms with E-state index in [1.165, 1.54) is 18.3 Å². The normalized spacial score (nSPS) is 13.0. The number of carbonyl (C=O) groups is 2. The molecular formula is C25H18Cl2F4N4O4. The lowest BCUT2D eigenvalue weighted by molar-refractivity contribution is -0.192. The number of aromatic amines is 1. The van der Waals surface area contributed by atoms with Crippen LogP contribution in [0.2, 0.25) is 10.2 Å². The highest BCUT2D eigenvalue weighted by Gasteiger charge is 2.38. The minimum absolute atomic E-state index is 0.0114. The van der Waals surface area contributed by atoms with E-state index in [-0.39, 0.29) is 27.2 Å². The molecule has 1 aromatic carbocycles. The van der Waals surface area contributed by atoms with Gasteiger partial charge in [-0.15, -0.1) is 0 Å². The van der Waals surface area contributed by atoms with Crippen LogP contribution in [0.5, 0.6) is 0 Å². The Morgan fingerprint density at radius 1 is 1.13 bits per heavy atom. The van der Waals surface area contributed by atoms with Gasteiger partial charge in [0.25, 0.3) is 11.5 Å². The quantitative estimate of drug-likeness (QED) is 0.333. The second kappa shape index (κ2) is 11.1. The third kappa shape index (κ3) is 6.07. The van der Waals surface area contributed by atoms with Crippen molar-refractivity contribution in [3.05, 3.63) is 103 Å². The number of rotatable bonds is 3. The molecule has 1 aliphatic rings. The van der Waals surface area contributed by atoms with E-state index in [4.69, 9.17) is 33.1 Å². The Balaban J connectivity index is 0.000000448. The summed E-state index contributed by atoms with van der Waals surface area (Å²) in [6.07, 6.45) is 0.947. The fourth-order valence-electron chi connectivity index (χ4n) is 4.10. The number of carbonyl (C=O) groups excluding carboxylic acids is 1. The van der Waals surface area contributed by atoms with Crippen LogP contribution in [0.3, 0.4) is 0 Å². The van der Waals surface area contributed by atoms with E-state index in [2.05, 4.69) is 9.97 Å². The molecule has 0 bridgehead atoms. The molecule has 0 fully saturated rings. The Labute approximate surface area is 227 Å². The van der Waals surface area contributed by atoms with Crippen LogP contribution in [0.15, 0.2) is 53.7 Å². The maximum Gasteiger partial charge on any atom is 0.490 e. The Hall–Kier alpha value is -3.90. The summed E-state index contributed by atoms with van der Waals surface area (Å²) in [6.45, 7) is 0.914. The zero-order chi connectivity index (χ0) is 28.5. The van der Waals surface area contributed by atoms with Gasteiger partial charge in [0.1, 0.15) is 16.5 Å². The van der Waals surface area contributed by atoms with E-state index in [9.17, 15) is 27.2 Å². The molecule has 1 aliphatic heterocycles. The highest BCUT2D eigenvalue weighted by Crippen LogP contribution is 2.27. The van der Waals surface area contributed by atoms with Crippen LogP contribution in [0, 0.1) is 5.82 Å². The molecule has 0 atom stereocenters. The molecule has 3 aromatic heterocycles. The van der Waals surface area contributed by atoms with Gasteiger partial charge >= 0.3 is 12.1 Å². The largest absolute Gasteiger partial charge is 0.490 e. The van der Waals surface area contributed by atoms with Crippen molar-refractivity contribution in [3.63, 3.8) is 0 Å². The van der Waals surface area contributed by atoms with Crippen LogP contribution in [0.1, 0.15) is 32.7 Å². The molecule has 0 saturated carbocycles. The summed E-state index contributed by atoms with van der Waals surface area (Å²) in [5.74, 6) is -3.69. The number of amides is 1. The first kappa shape index (κ1) is 28.1. The van der Waals surface area contributed by atoms with Crippen molar-refractivity contribution >= 4 is 40.6 Å². The molecule has 0 saturated heterocycles. The minimum Gasteiger partial charge on any atom is -0.475 e. The second-order valence-corrected chi connectivity index (χ2v) is 9.29. The maximum absolute atomic E-state index is 14.6. The topological polar surface area (TPSA) is 108 Å². The van der Waals surface area contributed by atoms with Crippen LogP contribution < -0.4 is 5.56 Å². The van der Waals surface area contributed by atoms with E-state index in [0.717, 1.165) is 11.1 Å². The molecule has 0 spiro atoms. The van der Waals surface area contributed by atoms with E-state index in [1.54, 1.807) is 27.6 Å². The lowest BCUT2D eigenvalue weighted by Gasteiger charge is -2.28. The molecule has 204 valence electrons. The first-order chi connectivity index (χ1) is 18.4. The molecule has 0 unspecified atom stereocenters. The van der Waals surface area contributed by atoms with Gasteiger partial charge in [-0.3, -0.25) is 19.0 Å². The summed E-state index contributed by atoms with van der Waals surface area (Å²) in [7, 11) is 0. The molecule has 1 amide bonds. The highest BCUT2D eigenvalue weighted by molar-refractivity contribution is 6.42. The summed E-state index contributed by atoms with van der Waals surface area (Å²) in [5.41, 5.74) is 3.49. The second-order valence-electron chi connectivity index (χ2n) is 8.53. The van der Waals surface area contributed by atoms with Gasteiger partial charge in [0.15, 0.2) is 0 Å². The average molecular weight is 585 g/mol. The molecule has 0 aliphatic carbocycles. The van der Waals surface area contributed by atoms with Gasteiger partial charge in [-0.2, -0.15) is 13.2 Å². The van der Waals surface area contributed by atoms with Gasteiger partial charge in [-0.25, -0.2) is 9.18 Å². The Kier molecular flexibility index (Phi) is 7.98. The molecule has 39 heavy (non-hydrogen) atoms. The number of halogens is 6. The fraction of sp³-hybridized carbons (Fsp3) is 0.200. The molecule has 8 nitrogen and oxygen atoms in total. The van der Waals surface area contributed by atoms with Gasteiger partial charge in [0, 0.05) is 43.8 Å². The number of H-pyrrole nitrogens is 1. The number of fused-ring (bicyclic) bond motifs is 2. The summed E-state index contributed by atoms with van der Waals surface area (Å²) < 4.78 is 47.9. The first-order valence-electron chi connectivity index (χ1n) is 11.2. The van der Waals surface area contributed by atoms with E-state index in [0.29, 0.717) is 42.7 Å². The van der Waals surface area contributed by atoms with Crippen molar-refractivity contribution in [1.82, 2.24) is 19.3 Å². The smallest absolute Gasteiger partial charge is 0.475 e. The number of hydrogen-bond donors (Lipinski definition) is 2. The number of alkyl halides is 3. The summed E-state index contributed by atoms with van der Waals surface area (Å²) in [5, 5.41) is 7.61. The van der Waals surface area contributed by atoms with Crippen LogP contribution in [-0.4, -0.2) is 49.0 Å². The number of hydrogen-bond acceptors (Lipinski definition) is 4. The Bertz CT molecular complexity index is 1630. The lowest BCUT2D eigenvalue weighted by atomic mass is 10.0. The van der Waals surface area contributed by atoms with Gasteiger partial charge < -0.3 is 15.0 Å². The van der Waals surface area contributed by atoms with Crippen LogP contribution >= 0.6 is 23.2 Å². The predicted molar refractivity (Wildman–Crippen MR) is 134 cm³/mol. The minimum atomic E-state index is -5.08. The number of nitrogens with one attached hydrogen (secondary N) is 1. The molecular weight excluding hydrogens is 567 g/mol. The van der Waals surface area contributed by atoms with Gasteiger partial charge in [-0.1, -0.05) is 29.3 Å². The third-order valence-electron chi connectivity index (χ3n) is 5.98. The highest BCUT2D eigenvalue weighted by atomic mass is 35.5.